The maximum absolute atomic E-state index is 11.8. The Bertz CT molecular complexity index is 602. The van der Waals surface area contributed by atoms with Crippen molar-refractivity contribution in [2.24, 2.45) is 5.84 Å². The molecule has 11 heteroatoms. The molecule has 1 saturated heterocycles. The molecule has 2 rings (SSSR count). The maximum Gasteiger partial charge on any atom is 0.287 e. The second-order valence-corrected chi connectivity index (χ2v) is 8.09. The lowest BCUT2D eigenvalue weighted by molar-refractivity contribution is 0.0948. The van der Waals surface area contributed by atoms with Crippen LogP contribution in [0.25, 0.3) is 0 Å². The second-order valence-electron chi connectivity index (χ2n) is 4.74. The first-order valence-corrected chi connectivity index (χ1v) is 9.44. The first-order valence-electron chi connectivity index (χ1n) is 6.33. The predicted octanol–water partition coefficient (Wildman–Crippen LogP) is -1.70. The normalized spacial score (nSPS) is 20.4. The minimum atomic E-state index is -3.11. The summed E-state index contributed by atoms with van der Waals surface area (Å²) in [5.41, 5.74) is 2.11. The zero-order valence-electron chi connectivity index (χ0n) is 11.6. The van der Waals surface area contributed by atoms with Crippen molar-refractivity contribution < 1.29 is 13.2 Å². The molecule has 1 aliphatic heterocycles. The molecule has 1 atom stereocenters. The minimum Gasteiger partial charge on any atom is -0.289 e. The Morgan fingerprint density at radius 2 is 2.33 bits per heavy atom. The fourth-order valence-corrected chi connectivity index (χ4v) is 5.05. The summed E-state index contributed by atoms with van der Waals surface area (Å²) in [5.74, 6) is 5.99. The molecule has 1 fully saturated rings. The standard InChI is InChI=1S/C10H18N6O3S2/c1-21(18,19)9-7-20-5-4-15(9)2-3-16-6-8(13-14-16)10(17)12-11/h6,9H,2-5,7,11H2,1H3,(H,12,17). The van der Waals surface area contributed by atoms with Crippen molar-refractivity contribution >= 4 is 27.5 Å². The molecule has 9 nitrogen and oxygen atoms in total. The predicted molar refractivity (Wildman–Crippen MR) is 79.2 cm³/mol. The zero-order chi connectivity index (χ0) is 15.5. The highest BCUT2D eigenvalue weighted by molar-refractivity contribution is 8.00. The summed E-state index contributed by atoms with van der Waals surface area (Å²) in [4.78, 5) is 13.2. The Hall–Kier alpha value is -1.17. The molecular weight excluding hydrogens is 316 g/mol. The Labute approximate surface area is 127 Å². The van der Waals surface area contributed by atoms with Gasteiger partial charge in [-0.3, -0.25) is 19.8 Å². The van der Waals surface area contributed by atoms with Crippen LogP contribution >= 0.6 is 11.8 Å². The van der Waals surface area contributed by atoms with Gasteiger partial charge in [0.05, 0.1) is 12.7 Å². The summed E-state index contributed by atoms with van der Waals surface area (Å²) >= 11 is 1.64. The van der Waals surface area contributed by atoms with E-state index in [-0.39, 0.29) is 5.69 Å². The second kappa shape index (κ2) is 6.73. The zero-order valence-corrected chi connectivity index (χ0v) is 13.2. The van der Waals surface area contributed by atoms with E-state index in [9.17, 15) is 13.2 Å². The number of rotatable bonds is 5. The molecular formula is C10H18N6O3S2. The van der Waals surface area contributed by atoms with E-state index in [0.717, 1.165) is 5.75 Å². The summed E-state index contributed by atoms with van der Waals surface area (Å²) in [6, 6.07) is 0. The van der Waals surface area contributed by atoms with Crippen molar-refractivity contribution in [2.45, 2.75) is 11.9 Å². The Balaban J connectivity index is 1.98. The molecule has 0 saturated carbocycles. The molecule has 118 valence electrons. The van der Waals surface area contributed by atoms with Crippen LogP contribution in [0.5, 0.6) is 0 Å². The molecule has 1 aliphatic rings. The van der Waals surface area contributed by atoms with Crippen molar-refractivity contribution in [3.63, 3.8) is 0 Å². The molecule has 1 aromatic heterocycles. The number of nitrogens with one attached hydrogen (secondary N) is 1. The number of hydrazine groups is 1. The van der Waals surface area contributed by atoms with Gasteiger partial charge in [-0.2, -0.15) is 11.8 Å². The molecule has 2 heterocycles. The van der Waals surface area contributed by atoms with Crippen LogP contribution in [-0.4, -0.2) is 70.4 Å². The number of nitrogen functional groups attached to an aromatic ring is 1. The van der Waals surface area contributed by atoms with E-state index < -0.39 is 21.1 Å². The van der Waals surface area contributed by atoms with Gasteiger partial charge in [0, 0.05) is 30.9 Å². The van der Waals surface area contributed by atoms with Crippen LogP contribution < -0.4 is 11.3 Å². The SMILES string of the molecule is CS(=O)(=O)C1CSCCN1CCn1cc(C(=O)NN)nn1. The van der Waals surface area contributed by atoms with Crippen molar-refractivity contribution in [1.82, 2.24) is 25.3 Å². The number of sulfone groups is 1. The van der Waals surface area contributed by atoms with Gasteiger partial charge in [-0.05, 0) is 0 Å². The first kappa shape index (κ1) is 16.2. The van der Waals surface area contributed by atoms with Crippen LogP contribution in [0.3, 0.4) is 0 Å². The molecule has 0 radical (unpaired) electrons. The molecule has 3 N–H and O–H groups in total. The van der Waals surface area contributed by atoms with Crippen molar-refractivity contribution in [1.29, 1.82) is 0 Å². The number of nitrogens with zero attached hydrogens (tertiary/aromatic N) is 4. The third kappa shape index (κ3) is 4.15. The molecule has 0 aromatic carbocycles. The van der Waals surface area contributed by atoms with Gasteiger partial charge in [0.15, 0.2) is 15.5 Å². The number of hydrogen-bond donors (Lipinski definition) is 2. The number of hydrogen-bond acceptors (Lipinski definition) is 8. The number of nitrogens with two attached hydrogens (primary N) is 1. The smallest absolute Gasteiger partial charge is 0.287 e. The number of aromatic nitrogens is 3. The summed E-state index contributed by atoms with van der Waals surface area (Å²) in [6.07, 6.45) is 2.74. The fraction of sp³-hybridized carbons (Fsp3) is 0.700. The Morgan fingerprint density at radius 1 is 1.57 bits per heavy atom. The Morgan fingerprint density at radius 3 is 3.00 bits per heavy atom. The quantitative estimate of drug-likeness (QED) is 0.371. The van der Waals surface area contributed by atoms with Gasteiger partial charge < -0.3 is 0 Å². The summed E-state index contributed by atoms with van der Waals surface area (Å²) in [5, 5.41) is 7.06. The number of carbonyl (C=O) groups is 1. The van der Waals surface area contributed by atoms with Gasteiger partial charge in [-0.1, -0.05) is 5.21 Å². The largest absolute Gasteiger partial charge is 0.289 e. The number of amides is 1. The fourth-order valence-electron chi connectivity index (χ4n) is 2.08. The average molecular weight is 334 g/mol. The van der Waals surface area contributed by atoms with E-state index in [1.807, 2.05) is 10.3 Å². The van der Waals surface area contributed by atoms with Crippen LogP contribution in [0, 0.1) is 0 Å². The van der Waals surface area contributed by atoms with Gasteiger partial charge in [-0.25, -0.2) is 14.3 Å². The van der Waals surface area contributed by atoms with Crippen LogP contribution in [0.15, 0.2) is 6.20 Å². The first-order chi connectivity index (χ1) is 9.91. The average Bonchev–Trinajstić information content (AvgIpc) is 2.92. The lowest BCUT2D eigenvalue weighted by atomic mass is 10.4. The van der Waals surface area contributed by atoms with Crippen LogP contribution in [0.1, 0.15) is 10.5 Å². The van der Waals surface area contributed by atoms with Crippen LogP contribution in [-0.2, 0) is 16.4 Å². The summed E-state index contributed by atoms with van der Waals surface area (Å²) in [6.45, 7) is 1.71. The third-order valence-corrected chi connectivity index (χ3v) is 5.89. The summed E-state index contributed by atoms with van der Waals surface area (Å²) in [7, 11) is -3.11. The molecule has 1 unspecified atom stereocenters. The molecule has 0 aliphatic carbocycles. The van der Waals surface area contributed by atoms with Crippen LogP contribution in [0.2, 0.25) is 0 Å². The number of carbonyl (C=O) groups excluding carboxylic acids is 1. The molecule has 21 heavy (non-hydrogen) atoms. The monoisotopic (exact) mass is 334 g/mol. The highest BCUT2D eigenvalue weighted by atomic mass is 32.2. The van der Waals surface area contributed by atoms with E-state index >= 15 is 0 Å². The van der Waals surface area contributed by atoms with Gasteiger partial charge in [0.2, 0.25) is 0 Å². The Kier molecular flexibility index (Phi) is 5.19. The van der Waals surface area contributed by atoms with Gasteiger partial charge >= 0.3 is 0 Å². The van der Waals surface area contributed by atoms with Crippen molar-refractivity contribution in [3.05, 3.63) is 11.9 Å². The van der Waals surface area contributed by atoms with Gasteiger partial charge in [0.1, 0.15) is 5.37 Å². The maximum atomic E-state index is 11.8. The topological polar surface area (TPSA) is 123 Å². The van der Waals surface area contributed by atoms with Crippen molar-refractivity contribution in [2.75, 3.05) is 30.9 Å². The van der Waals surface area contributed by atoms with E-state index in [1.165, 1.54) is 17.1 Å². The number of thioether (sulfide) groups is 1. The van der Waals surface area contributed by atoms with Gasteiger partial charge in [-0.15, -0.1) is 5.10 Å². The lowest BCUT2D eigenvalue weighted by Gasteiger charge is -2.33. The van der Waals surface area contributed by atoms with E-state index in [2.05, 4.69) is 10.3 Å². The van der Waals surface area contributed by atoms with E-state index in [0.29, 0.717) is 25.4 Å². The molecule has 1 amide bonds. The highest BCUT2D eigenvalue weighted by Gasteiger charge is 2.30. The van der Waals surface area contributed by atoms with Crippen molar-refractivity contribution in [3.8, 4) is 0 Å². The molecule has 0 spiro atoms. The van der Waals surface area contributed by atoms with Crippen LogP contribution in [0.4, 0.5) is 0 Å². The molecule has 0 bridgehead atoms. The third-order valence-electron chi connectivity index (χ3n) is 3.20. The van der Waals surface area contributed by atoms with Gasteiger partial charge in [0.25, 0.3) is 5.91 Å². The lowest BCUT2D eigenvalue weighted by Crippen LogP contribution is -2.47. The van der Waals surface area contributed by atoms with E-state index in [1.54, 1.807) is 11.8 Å². The van der Waals surface area contributed by atoms with E-state index in [4.69, 9.17) is 5.84 Å². The molecule has 1 aromatic rings. The summed E-state index contributed by atoms with van der Waals surface area (Å²) < 4.78 is 25.1. The highest BCUT2D eigenvalue weighted by Crippen LogP contribution is 2.20. The minimum absolute atomic E-state index is 0.131.